The summed E-state index contributed by atoms with van der Waals surface area (Å²) in [6, 6.07) is 18.0. The van der Waals surface area contributed by atoms with E-state index < -0.39 is 11.9 Å². The Kier molecular flexibility index (Phi) is 12.3. The third kappa shape index (κ3) is 9.49. The highest BCUT2D eigenvalue weighted by molar-refractivity contribution is 6.02. The number of hydrogen-bond acceptors (Lipinski definition) is 10. The van der Waals surface area contributed by atoms with Crippen molar-refractivity contribution in [3.63, 3.8) is 0 Å². The summed E-state index contributed by atoms with van der Waals surface area (Å²) in [5.41, 5.74) is 2.90. The summed E-state index contributed by atoms with van der Waals surface area (Å²) in [6.45, 7) is 7.46. The lowest BCUT2D eigenvalue weighted by Gasteiger charge is -2.23. The molecule has 2 aromatic carbocycles. The Balaban J connectivity index is 1.14. The van der Waals surface area contributed by atoms with Crippen LogP contribution in [0.3, 0.4) is 0 Å². The molecule has 1 fully saturated rings. The first-order valence-corrected chi connectivity index (χ1v) is 15.5. The van der Waals surface area contributed by atoms with E-state index in [0.717, 1.165) is 22.2 Å². The van der Waals surface area contributed by atoms with Crippen LogP contribution in [0.25, 0.3) is 21.8 Å². The van der Waals surface area contributed by atoms with Gasteiger partial charge in [0.05, 0.1) is 86.4 Å². The highest BCUT2D eigenvalue weighted by Crippen LogP contribution is 2.19. The van der Waals surface area contributed by atoms with Gasteiger partial charge >= 0.3 is 11.9 Å². The fourth-order valence-corrected chi connectivity index (χ4v) is 5.31. The van der Waals surface area contributed by atoms with Crippen LogP contribution < -0.4 is 0 Å². The number of rotatable bonds is 6. The van der Waals surface area contributed by atoms with Crippen LogP contribution in [0.4, 0.5) is 0 Å². The summed E-state index contributed by atoms with van der Waals surface area (Å²) >= 11 is 0. The maximum atomic E-state index is 11.7. The number of carbonyl (C=O) groups is 2. The number of ether oxygens (including phenoxy) is 4. The van der Waals surface area contributed by atoms with Crippen LogP contribution in [-0.2, 0) is 32.0 Å². The van der Waals surface area contributed by atoms with Gasteiger partial charge < -0.3 is 29.2 Å². The second-order valence-corrected chi connectivity index (χ2v) is 11.0. The lowest BCUT2D eigenvalue weighted by Crippen LogP contribution is -2.33. The van der Waals surface area contributed by atoms with E-state index in [1.165, 1.54) is 0 Å². The lowest BCUT2D eigenvalue weighted by atomic mass is 10.1. The van der Waals surface area contributed by atoms with Crippen molar-refractivity contribution in [1.29, 1.82) is 0 Å². The standard InChI is InChI=1S/C34H40N4O8/c39-33(40)29-5-1-3-25-7-9-27(35-31(25)29)23-37-11-15-43-19-21-45-17-13-38(14-18-46-22-20-44-16-12-37)24-28-10-8-26-4-2-6-30(34(41)42)32(26)36-28/h1-10H,11-24H2,(H,39,40)(H,41,42). The van der Waals surface area contributed by atoms with Gasteiger partial charge in [-0.25, -0.2) is 9.59 Å². The molecule has 0 amide bonds. The number of fused-ring (bicyclic) bond motifs is 2. The van der Waals surface area contributed by atoms with Gasteiger partial charge in [-0.05, 0) is 24.3 Å². The summed E-state index contributed by atoms with van der Waals surface area (Å²) in [5.74, 6) is -1.99. The fourth-order valence-electron chi connectivity index (χ4n) is 5.31. The molecule has 2 N–H and O–H groups in total. The van der Waals surface area contributed by atoms with Crippen molar-refractivity contribution in [2.75, 3.05) is 79.0 Å². The smallest absolute Gasteiger partial charge is 0.337 e. The molecule has 1 aliphatic rings. The Morgan fingerprint density at radius 1 is 0.543 bits per heavy atom. The predicted molar refractivity (Wildman–Crippen MR) is 171 cm³/mol. The maximum Gasteiger partial charge on any atom is 0.337 e. The van der Waals surface area contributed by atoms with Gasteiger partial charge in [-0.15, -0.1) is 0 Å². The largest absolute Gasteiger partial charge is 0.478 e. The van der Waals surface area contributed by atoms with Crippen LogP contribution in [0.15, 0.2) is 60.7 Å². The van der Waals surface area contributed by atoms with Crippen LogP contribution in [0.5, 0.6) is 0 Å². The van der Waals surface area contributed by atoms with Crippen LogP contribution in [0.1, 0.15) is 32.1 Å². The highest BCUT2D eigenvalue weighted by atomic mass is 16.5. The molecule has 244 valence electrons. The summed E-state index contributed by atoms with van der Waals surface area (Å²) < 4.78 is 23.5. The zero-order valence-electron chi connectivity index (χ0n) is 25.8. The van der Waals surface area contributed by atoms with Crippen molar-refractivity contribution in [2.45, 2.75) is 13.1 Å². The zero-order valence-corrected chi connectivity index (χ0v) is 25.8. The van der Waals surface area contributed by atoms with E-state index in [-0.39, 0.29) is 11.1 Å². The van der Waals surface area contributed by atoms with E-state index in [0.29, 0.717) is 103 Å². The first-order chi connectivity index (χ1) is 22.5. The molecule has 0 atom stereocenters. The van der Waals surface area contributed by atoms with Crippen LogP contribution in [-0.4, -0.2) is 121 Å². The number of aromatic nitrogens is 2. The van der Waals surface area contributed by atoms with Crippen molar-refractivity contribution in [1.82, 2.24) is 19.8 Å². The number of hydrogen-bond donors (Lipinski definition) is 2. The third-order valence-electron chi connectivity index (χ3n) is 7.74. The zero-order chi connectivity index (χ0) is 32.1. The topological polar surface area (TPSA) is 144 Å². The van der Waals surface area contributed by atoms with E-state index in [9.17, 15) is 19.8 Å². The molecule has 0 radical (unpaired) electrons. The van der Waals surface area contributed by atoms with Gasteiger partial charge in [-0.1, -0.05) is 36.4 Å². The summed E-state index contributed by atoms with van der Waals surface area (Å²) in [6.07, 6.45) is 0. The van der Waals surface area contributed by atoms with Crippen molar-refractivity contribution in [3.05, 3.63) is 83.2 Å². The monoisotopic (exact) mass is 632 g/mol. The quantitative estimate of drug-likeness (QED) is 0.321. The Morgan fingerprint density at radius 2 is 0.913 bits per heavy atom. The molecule has 2 aromatic heterocycles. The molecule has 0 bridgehead atoms. The minimum atomic E-state index is -0.997. The number of carboxylic acid groups (broad SMARTS) is 2. The number of carboxylic acids is 2. The van der Waals surface area contributed by atoms with E-state index in [1.54, 1.807) is 24.3 Å². The molecule has 0 aliphatic carbocycles. The molecule has 4 aromatic rings. The summed E-state index contributed by atoms with van der Waals surface area (Å²) in [4.78, 5) is 37.1. The Bertz CT molecular complexity index is 1480. The molecule has 12 heteroatoms. The average molecular weight is 633 g/mol. The number of nitrogens with zero attached hydrogens (tertiary/aromatic N) is 4. The van der Waals surface area contributed by atoms with E-state index >= 15 is 0 Å². The Morgan fingerprint density at radius 3 is 1.26 bits per heavy atom. The van der Waals surface area contributed by atoms with Crippen molar-refractivity contribution < 1.29 is 38.7 Å². The van der Waals surface area contributed by atoms with Crippen molar-refractivity contribution in [3.8, 4) is 0 Å². The minimum Gasteiger partial charge on any atom is -0.478 e. The first kappa shape index (κ1) is 33.3. The Labute approximate surface area is 267 Å². The van der Waals surface area contributed by atoms with Gasteiger partial charge in [0.2, 0.25) is 0 Å². The SMILES string of the molecule is O=C(O)c1cccc2ccc(CN3CCOCCOCCN(Cc4ccc5cccc(C(=O)O)c5n4)CCOCCOCC3)nc12. The van der Waals surface area contributed by atoms with Crippen LogP contribution >= 0.6 is 0 Å². The number of aromatic carboxylic acids is 2. The summed E-state index contributed by atoms with van der Waals surface area (Å²) in [5, 5.41) is 20.8. The molecule has 5 rings (SSSR count). The lowest BCUT2D eigenvalue weighted by molar-refractivity contribution is 0.00601. The molecule has 1 aliphatic heterocycles. The highest BCUT2D eigenvalue weighted by Gasteiger charge is 2.15. The van der Waals surface area contributed by atoms with Crippen LogP contribution in [0.2, 0.25) is 0 Å². The van der Waals surface area contributed by atoms with Crippen molar-refractivity contribution in [2.24, 2.45) is 0 Å². The predicted octanol–water partition coefficient (Wildman–Crippen LogP) is 3.56. The molecule has 12 nitrogen and oxygen atoms in total. The van der Waals surface area contributed by atoms with Crippen molar-refractivity contribution >= 4 is 33.7 Å². The number of benzene rings is 2. The summed E-state index contributed by atoms with van der Waals surface area (Å²) in [7, 11) is 0. The molecule has 46 heavy (non-hydrogen) atoms. The average Bonchev–Trinajstić information content (AvgIpc) is 3.05. The third-order valence-corrected chi connectivity index (χ3v) is 7.74. The van der Waals surface area contributed by atoms with Gasteiger partial charge in [0.25, 0.3) is 0 Å². The van der Waals surface area contributed by atoms with E-state index in [1.807, 2.05) is 36.4 Å². The maximum absolute atomic E-state index is 11.7. The van der Waals surface area contributed by atoms with E-state index in [4.69, 9.17) is 18.9 Å². The number of para-hydroxylation sites is 2. The molecule has 0 spiro atoms. The molecule has 0 saturated carbocycles. The van der Waals surface area contributed by atoms with Crippen LogP contribution in [0, 0.1) is 0 Å². The molecular formula is C34H40N4O8. The molecule has 0 unspecified atom stereocenters. The van der Waals surface area contributed by atoms with Gasteiger partial charge in [0, 0.05) is 50.0 Å². The van der Waals surface area contributed by atoms with Gasteiger partial charge in [0.1, 0.15) is 0 Å². The molecule has 1 saturated heterocycles. The first-order valence-electron chi connectivity index (χ1n) is 15.5. The van der Waals surface area contributed by atoms with Gasteiger partial charge in [0.15, 0.2) is 0 Å². The second-order valence-electron chi connectivity index (χ2n) is 11.0. The van der Waals surface area contributed by atoms with E-state index in [2.05, 4.69) is 19.8 Å². The van der Waals surface area contributed by atoms with Gasteiger partial charge in [-0.3, -0.25) is 19.8 Å². The number of pyridine rings is 2. The molecular weight excluding hydrogens is 592 g/mol. The Hall–Kier alpha value is -4.04. The minimum absolute atomic E-state index is 0.188. The van der Waals surface area contributed by atoms with Gasteiger partial charge in [-0.2, -0.15) is 0 Å². The normalized spacial score (nSPS) is 17.4. The second kappa shape index (κ2) is 17.0. The molecule has 3 heterocycles. The fraction of sp³-hybridized carbons (Fsp3) is 0.412.